The van der Waals surface area contributed by atoms with E-state index < -0.39 is 0 Å². The molecule has 1 amide bonds. The molecule has 3 nitrogen and oxygen atoms in total. The van der Waals surface area contributed by atoms with E-state index in [-0.39, 0.29) is 5.54 Å². The molecule has 1 aliphatic heterocycles. The summed E-state index contributed by atoms with van der Waals surface area (Å²) < 4.78 is 0. The highest BCUT2D eigenvalue weighted by Gasteiger charge is 2.22. The smallest absolute Gasteiger partial charge is 0.222 e. The molecule has 0 aromatic heterocycles. The lowest BCUT2D eigenvalue weighted by molar-refractivity contribution is -0.127. The number of hydrogen-bond acceptors (Lipinski definition) is 2. The SMILES string of the molecule is CCC(C)(CC)NCCN1CCCC1=O. The Balaban J connectivity index is 2.23. The van der Waals surface area contributed by atoms with E-state index in [2.05, 4.69) is 26.1 Å². The summed E-state index contributed by atoms with van der Waals surface area (Å²) in [6, 6.07) is 0. The molecule has 0 aliphatic carbocycles. The number of nitrogens with one attached hydrogen (secondary N) is 1. The topological polar surface area (TPSA) is 32.3 Å². The summed E-state index contributed by atoms with van der Waals surface area (Å²) in [7, 11) is 0. The van der Waals surface area contributed by atoms with Crippen molar-refractivity contribution in [1.29, 1.82) is 0 Å². The van der Waals surface area contributed by atoms with Crippen LogP contribution in [0.4, 0.5) is 0 Å². The zero-order chi connectivity index (χ0) is 11.3. The van der Waals surface area contributed by atoms with Crippen LogP contribution in [0.1, 0.15) is 46.5 Å². The van der Waals surface area contributed by atoms with Crippen molar-refractivity contribution in [1.82, 2.24) is 10.2 Å². The molecule has 0 spiro atoms. The van der Waals surface area contributed by atoms with Crippen molar-refractivity contribution in [3.05, 3.63) is 0 Å². The summed E-state index contributed by atoms with van der Waals surface area (Å²) in [5.41, 5.74) is 0.239. The Labute approximate surface area is 93.2 Å². The average molecular weight is 212 g/mol. The van der Waals surface area contributed by atoms with Gasteiger partial charge in [0.25, 0.3) is 0 Å². The van der Waals surface area contributed by atoms with Gasteiger partial charge >= 0.3 is 0 Å². The van der Waals surface area contributed by atoms with Crippen LogP contribution in [0.5, 0.6) is 0 Å². The van der Waals surface area contributed by atoms with Gasteiger partial charge < -0.3 is 10.2 Å². The van der Waals surface area contributed by atoms with Gasteiger partial charge in [0.15, 0.2) is 0 Å². The largest absolute Gasteiger partial charge is 0.341 e. The molecule has 0 radical (unpaired) electrons. The maximum Gasteiger partial charge on any atom is 0.222 e. The minimum Gasteiger partial charge on any atom is -0.341 e. The average Bonchev–Trinajstić information content (AvgIpc) is 2.64. The van der Waals surface area contributed by atoms with Gasteiger partial charge in [-0.2, -0.15) is 0 Å². The van der Waals surface area contributed by atoms with E-state index in [1.165, 1.54) is 0 Å². The molecule has 3 heteroatoms. The number of amides is 1. The second-order valence-corrected chi connectivity index (χ2v) is 4.68. The van der Waals surface area contributed by atoms with Crippen LogP contribution in [0.2, 0.25) is 0 Å². The molecule has 0 saturated carbocycles. The molecule has 15 heavy (non-hydrogen) atoms. The van der Waals surface area contributed by atoms with Gasteiger partial charge in [-0.25, -0.2) is 0 Å². The Morgan fingerprint density at radius 2 is 2.07 bits per heavy atom. The minimum atomic E-state index is 0.239. The third-order valence-electron chi connectivity index (χ3n) is 3.67. The van der Waals surface area contributed by atoms with E-state index in [9.17, 15) is 4.79 Å². The molecule has 0 aromatic rings. The van der Waals surface area contributed by atoms with E-state index in [1.807, 2.05) is 4.90 Å². The molecule has 1 fully saturated rings. The Bertz CT molecular complexity index is 212. The molecule has 0 bridgehead atoms. The number of hydrogen-bond donors (Lipinski definition) is 1. The highest BCUT2D eigenvalue weighted by atomic mass is 16.2. The lowest BCUT2D eigenvalue weighted by Gasteiger charge is -2.29. The van der Waals surface area contributed by atoms with E-state index in [1.54, 1.807) is 0 Å². The lowest BCUT2D eigenvalue weighted by atomic mass is 9.96. The van der Waals surface area contributed by atoms with Gasteiger partial charge in [0.05, 0.1) is 0 Å². The van der Waals surface area contributed by atoms with E-state index >= 15 is 0 Å². The highest BCUT2D eigenvalue weighted by molar-refractivity contribution is 5.78. The van der Waals surface area contributed by atoms with Crippen LogP contribution in [0.25, 0.3) is 0 Å². The quantitative estimate of drug-likeness (QED) is 0.728. The summed E-state index contributed by atoms with van der Waals surface area (Å²) >= 11 is 0. The fourth-order valence-electron chi connectivity index (χ4n) is 1.93. The normalized spacial score (nSPS) is 17.5. The Kier molecular flexibility index (Phi) is 4.58. The zero-order valence-corrected chi connectivity index (χ0v) is 10.3. The standard InChI is InChI=1S/C12H24N2O/c1-4-12(3,5-2)13-8-10-14-9-6-7-11(14)15/h13H,4-10H2,1-3H3. The van der Waals surface area contributed by atoms with Crippen molar-refractivity contribution in [3.63, 3.8) is 0 Å². The third kappa shape index (κ3) is 3.49. The molecule has 0 unspecified atom stereocenters. The molecule has 0 atom stereocenters. The zero-order valence-electron chi connectivity index (χ0n) is 10.3. The molecule has 88 valence electrons. The van der Waals surface area contributed by atoms with E-state index in [4.69, 9.17) is 0 Å². The second-order valence-electron chi connectivity index (χ2n) is 4.68. The first-order valence-electron chi connectivity index (χ1n) is 6.14. The number of rotatable bonds is 6. The molecule has 1 saturated heterocycles. The molecule has 0 aromatic carbocycles. The number of nitrogens with zero attached hydrogens (tertiary/aromatic N) is 1. The van der Waals surface area contributed by atoms with E-state index in [0.717, 1.165) is 45.3 Å². The lowest BCUT2D eigenvalue weighted by Crippen LogP contribution is -2.45. The molecule has 1 aliphatic rings. The molecule has 1 rings (SSSR count). The van der Waals surface area contributed by atoms with Gasteiger partial charge in [-0.05, 0) is 26.2 Å². The summed E-state index contributed by atoms with van der Waals surface area (Å²) in [6.45, 7) is 9.40. The maximum atomic E-state index is 11.4. The fourth-order valence-corrected chi connectivity index (χ4v) is 1.93. The predicted octanol–water partition coefficient (Wildman–Crippen LogP) is 1.78. The molecular weight excluding hydrogens is 188 g/mol. The van der Waals surface area contributed by atoms with Crippen molar-refractivity contribution >= 4 is 5.91 Å². The summed E-state index contributed by atoms with van der Waals surface area (Å²) in [5.74, 6) is 0.325. The highest BCUT2D eigenvalue weighted by Crippen LogP contribution is 2.13. The van der Waals surface area contributed by atoms with Gasteiger partial charge in [0.2, 0.25) is 5.91 Å². The van der Waals surface area contributed by atoms with Crippen LogP contribution >= 0.6 is 0 Å². The molecular formula is C12H24N2O. The minimum absolute atomic E-state index is 0.239. The van der Waals surface area contributed by atoms with Crippen molar-refractivity contribution in [2.45, 2.75) is 52.0 Å². The number of likely N-dealkylation sites (tertiary alicyclic amines) is 1. The summed E-state index contributed by atoms with van der Waals surface area (Å²) in [5, 5.41) is 3.55. The third-order valence-corrected chi connectivity index (χ3v) is 3.67. The van der Waals surface area contributed by atoms with Gasteiger partial charge in [-0.1, -0.05) is 13.8 Å². The van der Waals surface area contributed by atoms with Crippen LogP contribution in [-0.4, -0.2) is 36.0 Å². The second kappa shape index (κ2) is 5.50. The van der Waals surface area contributed by atoms with Crippen LogP contribution in [-0.2, 0) is 4.79 Å². The Morgan fingerprint density at radius 3 is 2.53 bits per heavy atom. The summed E-state index contributed by atoms with van der Waals surface area (Å²) in [4.78, 5) is 13.3. The Hall–Kier alpha value is -0.570. The fraction of sp³-hybridized carbons (Fsp3) is 0.917. The number of carbonyl (C=O) groups excluding carboxylic acids is 1. The van der Waals surface area contributed by atoms with Crippen molar-refractivity contribution < 1.29 is 4.79 Å². The van der Waals surface area contributed by atoms with Crippen molar-refractivity contribution in [2.24, 2.45) is 0 Å². The monoisotopic (exact) mass is 212 g/mol. The van der Waals surface area contributed by atoms with Crippen LogP contribution in [0.15, 0.2) is 0 Å². The van der Waals surface area contributed by atoms with Gasteiger partial charge in [-0.15, -0.1) is 0 Å². The first-order valence-corrected chi connectivity index (χ1v) is 6.14. The Morgan fingerprint density at radius 1 is 1.40 bits per heavy atom. The number of carbonyl (C=O) groups is 1. The first-order chi connectivity index (χ1) is 7.11. The van der Waals surface area contributed by atoms with Crippen LogP contribution in [0.3, 0.4) is 0 Å². The van der Waals surface area contributed by atoms with Gasteiger partial charge in [0, 0.05) is 31.6 Å². The van der Waals surface area contributed by atoms with Crippen molar-refractivity contribution in [3.8, 4) is 0 Å². The first kappa shape index (κ1) is 12.5. The summed E-state index contributed by atoms with van der Waals surface area (Å²) in [6.07, 6.45) is 4.06. The van der Waals surface area contributed by atoms with Gasteiger partial charge in [-0.3, -0.25) is 4.79 Å². The van der Waals surface area contributed by atoms with Crippen LogP contribution < -0.4 is 5.32 Å². The molecule has 1 heterocycles. The maximum absolute atomic E-state index is 11.4. The predicted molar refractivity (Wildman–Crippen MR) is 62.8 cm³/mol. The molecule has 1 N–H and O–H groups in total. The van der Waals surface area contributed by atoms with E-state index in [0.29, 0.717) is 5.91 Å². The van der Waals surface area contributed by atoms with Gasteiger partial charge in [0.1, 0.15) is 0 Å². The van der Waals surface area contributed by atoms with Crippen LogP contribution in [0, 0.1) is 0 Å². The van der Waals surface area contributed by atoms with Crippen molar-refractivity contribution in [2.75, 3.05) is 19.6 Å².